The van der Waals surface area contributed by atoms with E-state index in [1.54, 1.807) is 0 Å². The van der Waals surface area contributed by atoms with Gasteiger partial charge in [-0.1, -0.05) is 91.9 Å². The van der Waals surface area contributed by atoms with Crippen LogP contribution < -0.4 is 27.2 Å². The van der Waals surface area contributed by atoms with E-state index in [1.807, 2.05) is 0 Å². The summed E-state index contributed by atoms with van der Waals surface area (Å²) >= 11 is 0. The lowest BCUT2D eigenvalue weighted by Crippen LogP contribution is -3.00. The summed E-state index contributed by atoms with van der Waals surface area (Å²) < 4.78 is 294. The first kappa shape index (κ1) is 60.4. The minimum Gasteiger partial charge on any atom is -0.340 e. The zero-order valence-corrected chi connectivity index (χ0v) is 41.0. The number of hydrogen-bond acceptors (Lipinski definition) is 0. The topological polar surface area (TPSA) is 16.6 Å². The summed E-state index contributed by atoms with van der Waals surface area (Å²) in [4.78, 5) is 0. The van der Waals surface area contributed by atoms with Gasteiger partial charge in [0.25, 0.3) is 0 Å². The van der Waals surface area contributed by atoms with Crippen molar-refractivity contribution >= 4 is 28.0 Å². The second-order valence-electron chi connectivity index (χ2n) is 19.8. The third-order valence-corrected chi connectivity index (χ3v) is 16.1. The van der Waals surface area contributed by atoms with E-state index in [2.05, 4.69) is 33.0 Å². The maximum atomic E-state index is 15.4. The Bertz CT molecular complexity index is 2220. The van der Waals surface area contributed by atoms with Gasteiger partial charge in [0.15, 0.2) is 69.8 Å². The average Bonchev–Trinajstić information content (AvgIpc) is 3.40. The van der Waals surface area contributed by atoms with Crippen molar-refractivity contribution in [3.63, 3.8) is 0 Å². The van der Waals surface area contributed by atoms with E-state index in [4.69, 9.17) is 0 Å². The third-order valence-electron chi connectivity index (χ3n) is 16.1. The molecule has 2 saturated carbocycles. The van der Waals surface area contributed by atoms with Crippen LogP contribution in [0.25, 0.3) is 0 Å². The first-order chi connectivity index (χ1) is 34.9. The van der Waals surface area contributed by atoms with Gasteiger partial charge in [-0.3, -0.25) is 0 Å². The molecule has 4 aromatic carbocycles. The molecule has 22 heteroatoms. The number of nitrogens with two attached hydrogens (primary N) is 1. The maximum absolute atomic E-state index is 15.4. The van der Waals surface area contributed by atoms with Gasteiger partial charge in [0.1, 0.15) is 52.7 Å². The summed E-state index contributed by atoms with van der Waals surface area (Å²) in [6.07, 6.45) is 22.1. The predicted molar refractivity (Wildman–Crippen MR) is 239 cm³/mol. The van der Waals surface area contributed by atoms with Crippen LogP contribution in [0.3, 0.4) is 0 Å². The van der Waals surface area contributed by atoms with Crippen LogP contribution >= 0.6 is 0 Å². The summed E-state index contributed by atoms with van der Waals surface area (Å²) in [5, 5.41) is 3.04. The molecule has 2 atom stereocenters. The van der Waals surface area contributed by atoms with Crippen LogP contribution in [0.4, 0.5) is 87.8 Å². The quantitative estimate of drug-likeness (QED) is 0.0336. The van der Waals surface area contributed by atoms with Gasteiger partial charge in [0.05, 0.1) is 12.1 Å². The molecule has 0 saturated heterocycles. The lowest BCUT2D eigenvalue weighted by molar-refractivity contribution is -0.748. The maximum Gasteiger partial charge on any atom is 0.200 e. The minimum absolute atomic E-state index is 0.637. The van der Waals surface area contributed by atoms with Gasteiger partial charge in [-0.15, -0.1) is 21.9 Å². The van der Waals surface area contributed by atoms with E-state index in [0.29, 0.717) is 10.8 Å². The molecule has 0 spiro atoms. The fourth-order valence-electron chi connectivity index (χ4n) is 12.1. The highest BCUT2D eigenvalue weighted by molar-refractivity contribution is 7.20. The third kappa shape index (κ3) is 10.6. The lowest BCUT2D eigenvalue weighted by Gasteiger charge is -2.47. The fraction of sp³-hybridized carbons (Fsp3) is 0.538. The molecule has 2 aliphatic rings. The highest BCUT2D eigenvalue weighted by Gasteiger charge is 2.53. The van der Waals surface area contributed by atoms with Crippen LogP contribution in [0, 0.1) is 127 Å². The van der Waals surface area contributed by atoms with Crippen molar-refractivity contribution < 1.29 is 93.1 Å². The molecule has 2 aliphatic carbocycles. The normalized spacial score (nSPS) is 16.5. The van der Waals surface area contributed by atoms with Crippen molar-refractivity contribution in [1.82, 2.24) is 0 Å². The summed E-state index contributed by atoms with van der Waals surface area (Å²) in [6.45, 7) is 9.79. The summed E-state index contributed by atoms with van der Waals surface area (Å²) in [5.74, 6) is -71.4. The van der Waals surface area contributed by atoms with Gasteiger partial charge in [0.2, 0.25) is 0 Å². The van der Waals surface area contributed by atoms with Crippen LogP contribution in [-0.4, -0.2) is 18.2 Å². The van der Waals surface area contributed by atoms with E-state index < -0.39 is 144 Å². The smallest absolute Gasteiger partial charge is 0.200 e. The van der Waals surface area contributed by atoms with Crippen molar-refractivity contribution in [2.75, 3.05) is 0 Å². The monoisotopic (exact) mass is 1090 g/mol. The average molecular weight is 1090 g/mol. The second kappa shape index (κ2) is 24.7. The Hall–Kier alpha value is -4.50. The molecule has 2 N–H and O–H groups in total. The Kier molecular flexibility index (Phi) is 20.1. The van der Waals surface area contributed by atoms with E-state index in [9.17, 15) is 52.7 Å². The van der Waals surface area contributed by atoms with Gasteiger partial charge >= 0.3 is 0 Å². The molecule has 2 fully saturated rings. The van der Waals surface area contributed by atoms with Crippen LogP contribution in [0.2, 0.25) is 0 Å². The predicted octanol–water partition coefficient (Wildman–Crippen LogP) is 14.0. The Morgan fingerprint density at radius 1 is 0.311 bits per heavy atom. The molecule has 0 aliphatic heterocycles. The highest BCUT2D eigenvalue weighted by atomic mass is 19.2. The van der Waals surface area contributed by atoms with Crippen molar-refractivity contribution in [2.24, 2.45) is 10.8 Å². The molecule has 0 radical (unpaired) electrons. The number of halogens is 20. The Balaban J connectivity index is 0.000000302. The molecule has 2 unspecified atom stereocenters. The first-order valence-electron chi connectivity index (χ1n) is 24.9. The van der Waals surface area contributed by atoms with Gasteiger partial charge < -0.3 is 5.32 Å². The van der Waals surface area contributed by atoms with E-state index in [0.717, 1.165) is 12.1 Å². The Morgan fingerprint density at radius 2 is 0.514 bits per heavy atom. The molecule has 0 heterocycles. The second-order valence-corrected chi connectivity index (χ2v) is 19.8. The highest BCUT2D eigenvalue weighted by Crippen LogP contribution is 2.46. The summed E-state index contributed by atoms with van der Waals surface area (Å²) in [6, 6.07) is 1.77. The van der Waals surface area contributed by atoms with Crippen molar-refractivity contribution in [1.29, 1.82) is 0 Å². The van der Waals surface area contributed by atoms with Crippen LogP contribution in [-0.2, 0) is 0 Å². The van der Waals surface area contributed by atoms with Gasteiger partial charge in [-0.25, -0.2) is 87.8 Å². The van der Waals surface area contributed by atoms with E-state index >= 15 is 35.1 Å². The molecule has 1 nitrogen and oxygen atoms in total. The van der Waals surface area contributed by atoms with Crippen LogP contribution in [0.1, 0.15) is 156 Å². The molecule has 6 rings (SSSR count). The van der Waals surface area contributed by atoms with Crippen molar-refractivity contribution in [3.05, 3.63) is 116 Å². The molecular formula is C52H56BF20N. The SMILES string of the molecule is CCCCCC([NH2+]C(CCCCC)C1(CC)CCCCC1)C1(CC)CCCCC1.Fc1c(F)c(F)c([B-](c2c(F)c(F)c(F)c(F)c2F)(c2c(F)c(F)c(F)c(F)c2F)c2c(F)c(F)c(F)c(F)c2F)c(F)c1F. The Labute approximate surface area is 415 Å². The summed E-state index contributed by atoms with van der Waals surface area (Å²) in [5.41, 5.74) is -13.1. The number of unbranched alkanes of at least 4 members (excludes halogenated alkanes) is 4. The first-order valence-corrected chi connectivity index (χ1v) is 24.9. The Morgan fingerprint density at radius 3 is 0.703 bits per heavy atom. The fourth-order valence-corrected chi connectivity index (χ4v) is 12.1. The van der Waals surface area contributed by atoms with Crippen LogP contribution in [0.5, 0.6) is 0 Å². The zero-order valence-electron chi connectivity index (χ0n) is 41.0. The van der Waals surface area contributed by atoms with Crippen LogP contribution in [0.15, 0.2) is 0 Å². The summed E-state index contributed by atoms with van der Waals surface area (Å²) in [7, 11) is 0. The number of benzene rings is 4. The van der Waals surface area contributed by atoms with Gasteiger partial charge in [-0.05, 0) is 64.2 Å². The molecule has 0 amide bonds. The van der Waals surface area contributed by atoms with Gasteiger partial charge in [0, 0.05) is 10.8 Å². The molecule has 4 aromatic rings. The molecule has 0 aromatic heterocycles. The number of hydrogen-bond donors (Lipinski definition) is 1. The van der Waals surface area contributed by atoms with Crippen molar-refractivity contribution in [2.45, 2.75) is 168 Å². The van der Waals surface area contributed by atoms with Crippen molar-refractivity contribution in [3.8, 4) is 0 Å². The zero-order chi connectivity index (χ0) is 55.4. The standard InChI is InChI=1S/C28H55N.C24BF20/c1-5-9-13-19-25(27(7-3)21-15-11-16-22-27)29-26(20-14-10-6-2)28(8-4)23-17-12-18-24-28;26-5-1(6(27)14(35)21(42)13(5)34)25(2-7(28)15(36)22(43)16(37)8(2)29,3-9(30)17(38)23(44)18(39)10(3)31)4-11(32)19(40)24(45)20(41)12(4)33/h25-26,29H,5-24H2,1-4H3;/q;-1/p+1. The molecule has 412 valence electrons. The molecular weight excluding hydrogens is 1030 g/mol. The molecule has 74 heavy (non-hydrogen) atoms. The van der Waals surface area contributed by atoms with Gasteiger partial charge in [-0.2, -0.15) is 0 Å². The minimum atomic E-state index is -7.22. The van der Waals surface area contributed by atoms with E-state index in [1.165, 1.54) is 128 Å². The molecule has 0 bridgehead atoms. The number of quaternary nitrogens is 1. The van der Waals surface area contributed by atoms with E-state index in [-0.39, 0.29) is 0 Å². The lowest BCUT2D eigenvalue weighted by atomic mass is 9.12. The number of rotatable bonds is 18. The largest absolute Gasteiger partial charge is 0.340 e.